The summed E-state index contributed by atoms with van der Waals surface area (Å²) in [5, 5.41) is 11.4. The standard InChI is InChI=1S/C22H19N3O3/c1-26-18-11-7-16(8-12-18)22-25-24-21(28-22)15-23-17-9-13-20(14-10-17)27-19-5-3-2-4-6-19/h2-14,23H,15H2,1H3. The predicted molar refractivity (Wildman–Crippen MR) is 107 cm³/mol. The molecule has 0 spiro atoms. The lowest BCUT2D eigenvalue weighted by molar-refractivity contribution is 0.415. The van der Waals surface area contributed by atoms with Crippen molar-refractivity contribution in [3.63, 3.8) is 0 Å². The fraction of sp³-hybridized carbons (Fsp3) is 0.0909. The van der Waals surface area contributed by atoms with Crippen molar-refractivity contribution >= 4 is 5.69 Å². The molecule has 4 rings (SSSR count). The smallest absolute Gasteiger partial charge is 0.247 e. The molecule has 0 atom stereocenters. The molecule has 28 heavy (non-hydrogen) atoms. The first-order valence-electron chi connectivity index (χ1n) is 8.84. The van der Waals surface area contributed by atoms with E-state index < -0.39 is 0 Å². The molecule has 0 saturated carbocycles. The molecule has 6 nitrogen and oxygen atoms in total. The summed E-state index contributed by atoms with van der Waals surface area (Å²) in [6, 6.07) is 24.9. The number of nitrogens with zero attached hydrogens (tertiary/aromatic N) is 2. The highest BCUT2D eigenvalue weighted by Gasteiger charge is 2.08. The quantitative estimate of drug-likeness (QED) is 0.483. The molecule has 0 aliphatic heterocycles. The number of hydrogen-bond acceptors (Lipinski definition) is 6. The molecule has 6 heteroatoms. The van der Waals surface area contributed by atoms with Crippen molar-refractivity contribution in [2.24, 2.45) is 0 Å². The van der Waals surface area contributed by atoms with Gasteiger partial charge in [-0.2, -0.15) is 0 Å². The van der Waals surface area contributed by atoms with Gasteiger partial charge in [0.25, 0.3) is 0 Å². The maximum Gasteiger partial charge on any atom is 0.247 e. The zero-order chi connectivity index (χ0) is 19.2. The monoisotopic (exact) mass is 373 g/mol. The topological polar surface area (TPSA) is 69.4 Å². The van der Waals surface area contributed by atoms with E-state index >= 15 is 0 Å². The minimum atomic E-state index is 0.433. The second kappa shape index (κ2) is 8.26. The SMILES string of the molecule is COc1ccc(-c2nnc(CNc3ccc(Oc4ccccc4)cc3)o2)cc1. The van der Waals surface area contributed by atoms with Crippen molar-refractivity contribution in [3.8, 4) is 28.7 Å². The molecule has 0 fully saturated rings. The van der Waals surface area contributed by atoms with Gasteiger partial charge < -0.3 is 19.2 Å². The summed E-state index contributed by atoms with van der Waals surface area (Å²) < 4.78 is 16.7. The van der Waals surface area contributed by atoms with Crippen molar-refractivity contribution in [2.45, 2.75) is 6.54 Å². The zero-order valence-corrected chi connectivity index (χ0v) is 15.3. The Kier molecular flexibility index (Phi) is 5.20. The van der Waals surface area contributed by atoms with Gasteiger partial charge in [0.05, 0.1) is 13.7 Å². The highest BCUT2D eigenvalue weighted by Crippen LogP contribution is 2.24. The minimum absolute atomic E-state index is 0.433. The average molecular weight is 373 g/mol. The first-order chi connectivity index (χ1) is 13.8. The molecule has 0 amide bonds. The Morgan fingerprint density at radius 2 is 1.46 bits per heavy atom. The highest BCUT2D eigenvalue weighted by molar-refractivity contribution is 5.54. The van der Waals surface area contributed by atoms with Crippen LogP contribution < -0.4 is 14.8 Å². The summed E-state index contributed by atoms with van der Waals surface area (Å²) in [6.45, 7) is 0.433. The van der Waals surface area contributed by atoms with E-state index in [0.29, 0.717) is 18.3 Å². The summed E-state index contributed by atoms with van der Waals surface area (Å²) in [6.07, 6.45) is 0. The molecule has 1 N–H and O–H groups in total. The number of hydrogen-bond donors (Lipinski definition) is 1. The predicted octanol–water partition coefficient (Wildman–Crippen LogP) is 5.15. The Labute approximate surface area is 162 Å². The fourth-order valence-electron chi connectivity index (χ4n) is 2.62. The normalized spacial score (nSPS) is 10.5. The third kappa shape index (κ3) is 4.29. The van der Waals surface area contributed by atoms with Crippen LogP contribution in [0, 0.1) is 0 Å². The molecule has 0 aliphatic carbocycles. The van der Waals surface area contributed by atoms with Crippen LogP contribution in [-0.2, 0) is 6.54 Å². The lowest BCUT2D eigenvalue weighted by Crippen LogP contribution is -1.99. The van der Waals surface area contributed by atoms with E-state index in [2.05, 4.69) is 15.5 Å². The van der Waals surface area contributed by atoms with Crippen LogP contribution in [-0.4, -0.2) is 17.3 Å². The Bertz CT molecular complexity index is 1010. The number of methoxy groups -OCH3 is 1. The number of aromatic nitrogens is 2. The van der Waals surface area contributed by atoms with Gasteiger partial charge >= 0.3 is 0 Å². The van der Waals surface area contributed by atoms with Crippen molar-refractivity contribution in [1.82, 2.24) is 10.2 Å². The maximum atomic E-state index is 5.79. The summed E-state index contributed by atoms with van der Waals surface area (Å²) in [5.74, 6) is 3.35. The van der Waals surface area contributed by atoms with Crippen molar-refractivity contribution < 1.29 is 13.9 Å². The van der Waals surface area contributed by atoms with Gasteiger partial charge in [-0.3, -0.25) is 0 Å². The second-order valence-electron chi connectivity index (χ2n) is 6.02. The Hall–Kier alpha value is -3.80. The fourth-order valence-corrected chi connectivity index (χ4v) is 2.62. The van der Waals surface area contributed by atoms with Crippen molar-refractivity contribution in [1.29, 1.82) is 0 Å². The van der Waals surface area contributed by atoms with Crippen LogP contribution in [0.1, 0.15) is 5.89 Å². The molecular formula is C22H19N3O3. The van der Waals surface area contributed by atoms with E-state index in [0.717, 1.165) is 28.5 Å². The molecule has 0 radical (unpaired) electrons. The van der Waals surface area contributed by atoms with Crippen LogP contribution in [0.25, 0.3) is 11.5 Å². The van der Waals surface area contributed by atoms with E-state index in [1.165, 1.54) is 0 Å². The van der Waals surface area contributed by atoms with E-state index in [-0.39, 0.29) is 0 Å². The van der Waals surface area contributed by atoms with Gasteiger partial charge in [0, 0.05) is 11.3 Å². The highest BCUT2D eigenvalue weighted by atomic mass is 16.5. The summed E-state index contributed by atoms with van der Waals surface area (Å²) >= 11 is 0. The first kappa shape index (κ1) is 17.6. The van der Waals surface area contributed by atoms with Gasteiger partial charge in [-0.05, 0) is 60.7 Å². The largest absolute Gasteiger partial charge is 0.497 e. The lowest BCUT2D eigenvalue weighted by Gasteiger charge is -2.07. The molecular weight excluding hydrogens is 354 g/mol. The molecule has 0 unspecified atom stereocenters. The van der Waals surface area contributed by atoms with Gasteiger partial charge in [-0.25, -0.2) is 0 Å². The van der Waals surface area contributed by atoms with Gasteiger partial charge in [-0.1, -0.05) is 18.2 Å². The number of para-hydroxylation sites is 1. The van der Waals surface area contributed by atoms with Crippen molar-refractivity contribution in [2.75, 3.05) is 12.4 Å². The van der Waals surface area contributed by atoms with Crippen LogP contribution in [0.3, 0.4) is 0 Å². The second-order valence-corrected chi connectivity index (χ2v) is 6.02. The Morgan fingerprint density at radius 1 is 0.786 bits per heavy atom. The van der Waals surface area contributed by atoms with Crippen LogP contribution in [0.15, 0.2) is 83.3 Å². The zero-order valence-electron chi connectivity index (χ0n) is 15.3. The number of anilines is 1. The summed E-state index contributed by atoms with van der Waals surface area (Å²) in [7, 11) is 1.63. The Morgan fingerprint density at radius 3 is 2.18 bits per heavy atom. The molecule has 0 bridgehead atoms. The number of ether oxygens (including phenoxy) is 2. The molecule has 3 aromatic carbocycles. The van der Waals surface area contributed by atoms with Crippen molar-refractivity contribution in [3.05, 3.63) is 84.8 Å². The molecule has 4 aromatic rings. The molecule has 1 aromatic heterocycles. The molecule has 0 aliphatic rings. The van der Waals surface area contributed by atoms with E-state index in [1.807, 2.05) is 78.9 Å². The van der Waals surface area contributed by atoms with E-state index in [1.54, 1.807) is 7.11 Å². The Balaban J connectivity index is 1.35. The number of nitrogens with one attached hydrogen (secondary N) is 1. The van der Waals surface area contributed by atoms with Crippen LogP contribution in [0.4, 0.5) is 5.69 Å². The molecule has 0 saturated heterocycles. The molecule has 140 valence electrons. The van der Waals surface area contributed by atoms with Gasteiger partial charge in [-0.15, -0.1) is 10.2 Å². The number of rotatable bonds is 7. The van der Waals surface area contributed by atoms with Crippen LogP contribution in [0.5, 0.6) is 17.2 Å². The average Bonchev–Trinajstić information content (AvgIpc) is 3.23. The first-order valence-corrected chi connectivity index (χ1v) is 8.84. The van der Waals surface area contributed by atoms with E-state index in [4.69, 9.17) is 13.9 Å². The summed E-state index contributed by atoms with van der Waals surface area (Å²) in [4.78, 5) is 0. The summed E-state index contributed by atoms with van der Waals surface area (Å²) in [5.41, 5.74) is 1.78. The maximum absolute atomic E-state index is 5.79. The van der Waals surface area contributed by atoms with Crippen LogP contribution >= 0.6 is 0 Å². The van der Waals surface area contributed by atoms with Gasteiger partial charge in [0.15, 0.2) is 0 Å². The van der Waals surface area contributed by atoms with Crippen LogP contribution in [0.2, 0.25) is 0 Å². The minimum Gasteiger partial charge on any atom is -0.497 e. The lowest BCUT2D eigenvalue weighted by atomic mass is 10.2. The molecule has 1 heterocycles. The van der Waals surface area contributed by atoms with E-state index in [9.17, 15) is 0 Å². The van der Waals surface area contributed by atoms with Gasteiger partial charge in [0.1, 0.15) is 17.2 Å². The third-order valence-corrected chi connectivity index (χ3v) is 4.08. The number of benzene rings is 3. The third-order valence-electron chi connectivity index (χ3n) is 4.08. The van der Waals surface area contributed by atoms with Gasteiger partial charge in [0.2, 0.25) is 11.8 Å².